The summed E-state index contributed by atoms with van der Waals surface area (Å²) < 4.78 is 49.9. The van der Waals surface area contributed by atoms with Crippen molar-refractivity contribution in [1.29, 1.82) is 0 Å². The Morgan fingerprint density at radius 3 is 2.25 bits per heavy atom. The lowest BCUT2D eigenvalue weighted by molar-refractivity contribution is -0.166. The summed E-state index contributed by atoms with van der Waals surface area (Å²) in [5, 5.41) is 11.1. The third kappa shape index (κ3) is 5.87. The number of aliphatic hydroxyl groups excluding tert-OH is 1. The zero-order chi connectivity index (χ0) is 26.8. The van der Waals surface area contributed by atoms with Crippen molar-refractivity contribution >= 4 is 28.7 Å². The Hall–Kier alpha value is -3.39. The molecule has 0 bridgehead atoms. The van der Waals surface area contributed by atoms with Crippen LogP contribution in [0.2, 0.25) is 0 Å². The molecule has 2 aromatic carbocycles. The number of alkyl halides is 2. The van der Waals surface area contributed by atoms with Gasteiger partial charge >= 0.3 is 11.9 Å². The molecule has 8 heteroatoms. The Bertz CT molecular complexity index is 1280. The summed E-state index contributed by atoms with van der Waals surface area (Å²) in [6.45, 7) is 8.51. The van der Waals surface area contributed by atoms with Gasteiger partial charge in [0.2, 0.25) is 5.78 Å². The largest absolute Gasteiger partial charge is 0.460 e. The first kappa shape index (κ1) is 27.2. The molecule has 1 aromatic heterocycles. The third-order valence-corrected chi connectivity index (χ3v) is 5.50. The zero-order valence-electron chi connectivity index (χ0n) is 20.9. The molecule has 0 saturated carbocycles. The lowest BCUT2D eigenvalue weighted by Gasteiger charge is -2.22. The van der Waals surface area contributed by atoms with Gasteiger partial charge in [0.1, 0.15) is 23.9 Å². The van der Waals surface area contributed by atoms with E-state index in [-0.39, 0.29) is 6.04 Å². The molecule has 0 spiro atoms. The van der Waals surface area contributed by atoms with Gasteiger partial charge in [-0.2, -0.15) is 8.78 Å². The highest BCUT2D eigenvalue weighted by Gasteiger charge is 2.46. The molecule has 3 aromatic rings. The molecular formula is C28H30F3NO4. The van der Waals surface area contributed by atoms with Crippen LogP contribution in [-0.4, -0.2) is 39.1 Å². The normalized spacial score (nSPS) is 13.5. The van der Waals surface area contributed by atoms with Gasteiger partial charge in [-0.25, -0.2) is 4.39 Å². The molecule has 0 amide bonds. The Morgan fingerprint density at radius 2 is 1.67 bits per heavy atom. The SMILES string of the molecule is CC(C)n1c(/C=C/C(O)C(F)(F)C(=O)CC(=O)OC(C)(C)C)c(-c2ccc(F)cc2)c2ccccc21. The molecular weight excluding hydrogens is 471 g/mol. The number of aliphatic hydroxyl groups is 1. The second-order valence-corrected chi connectivity index (χ2v) is 9.86. The second-order valence-electron chi connectivity index (χ2n) is 9.86. The van der Waals surface area contributed by atoms with Crippen LogP contribution in [-0.2, 0) is 14.3 Å². The zero-order valence-corrected chi connectivity index (χ0v) is 20.9. The number of para-hydroxylation sites is 1. The van der Waals surface area contributed by atoms with Crippen molar-refractivity contribution in [3.05, 3.63) is 66.1 Å². The molecule has 0 aliphatic heterocycles. The van der Waals surface area contributed by atoms with Crippen LogP contribution in [0.1, 0.15) is 52.8 Å². The first-order chi connectivity index (χ1) is 16.7. The van der Waals surface area contributed by atoms with E-state index >= 15 is 0 Å². The van der Waals surface area contributed by atoms with Crippen molar-refractivity contribution in [2.24, 2.45) is 0 Å². The fraction of sp³-hybridized carbons (Fsp3) is 0.357. The Morgan fingerprint density at radius 1 is 1.06 bits per heavy atom. The Balaban J connectivity index is 2.02. The number of hydrogen-bond donors (Lipinski definition) is 1. The van der Waals surface area contributed by atoms with Crippen LogP contribution in [0, 0.1) is 5.82 Å². The molecule has 0 aliphatic rings. The quantitative estimate of drug-likeness (QED) is 0.289. The third-order valence-electron chi connectivity index (χ3n) is 5.50. The van der Waals surface area contributed by atoms with Gasteiger partial charge in [0.25, 0.3) is 0 Å². The topological polar surface area (TPSA) is 68.5 Å². The van der Waals surface area contributed by atoms with Crippen molar-refractivity contribution in [2.45, 2.75) is 64.7 Å². The van der Waals surface area contributed by atoms with Crippen LogP contribution in [0.4, 0.5) is 13.2 Å². The minimum atomic E-state index is -4.21. The number of halogens is 3. The van der Waals surface area contributed by atoms with E-state index in [0.29, 0.717) is 16.8 Å². The van der Waals surface area contributed by atoms with E-state index < -0.39 is 41.6 Å². The molecule has 36 heavy (non-hydrogen) atoms. The number of Topliss-reactive ketones (excluding diaryl/α,β-unsaturated/α-hetero) is 1. The van der Waals surface area contributed by atoms with Crippen molar-refractivity contribution in [1.82, 2.24) is 4.57 Å². The average Bonchev–Trinajstić information content (AvgIpc) is 3.10. The summed E-state index contributed by atoms with van der Waals surface area (Å²) in [6, 6.07) is 13.2. The maximum Gasteiger partial charge on any atom is 0.334 e. The van der Waals surface area contributed by atoms with E-state index in [1.165, 1.54) is 18.2 Å². The highest BCUT2D eigenvalue weighted by atomic mass is 19.3. The average molecular weight is 502 g/mol. The van der Waals surface area contributed by atoms with E-state index in [1.807, 2.05) is 42.7 Å². The van der Waals surface area contributed by atoms with Crippen LogP contribution in [0.3, 0.4) is 0 Å². The van der Waals surface area contributed by atoms with Crippen LogP contribution < -0.4 is 0 Å². The minimum Gasteiger partial charge on any atom is -0.460 e. The number of carbonyl (C=O) groups excluding carboxylic acids is 2. The predicted molar refractivity (Wildman–Crippen MR) is 133 cm³/mol. The Labute approximate surface area is 208 Å². The predicted octanol–water partition coefficient (Wildman–Crippen LogP) is 6.34. The highest BCUT2D eigenvalue weighted by molar-refractivity contribution is 6.02. The molecule has 0 aliphatic carbocycles. The summed E-state index contributed by atoms with van der Waals surface area (Å²) in [5.41, 5.74) is 1.73. The van der Waals surface area contributed by atoms with E-state index in [4.69, 9.17) is 4.74 Å². The maximum absolute atomic E-state index is 14.7. The summed E-state index contributed by atoms with van der Waals surface area (Å²) in [7, 11) is 0. The number of ether oxygens (including phenoxy) is 1. The van der Waals surface area contributed by atoms with Crippen LogP contribution in [0.15, 0.2) is 54.6 Å². The first-order valence-electron chi connectivity index (χ1n) is 11.6. The standard InChI is InChI=1S/C28H30F3NO4/c1-17(2)32-21-9-7-6-8-20(21)26(18-10-12-19(29)13-11-18)22(32)14-15-23(33)28(30,31)24(34)16-25(35)36-27(3,4)5/h6-15,17,23,33H,16H2,1-5H3/b15-14+. The van der Waals surface area contributed by atoms with Gasteiger partial charge < -0.3 is 14.4 Å². The number of ketones is 1. The van der Waals surface area contributed by atoms with E-state index in [2.05, 4.69) is 0 Å². The number of hydrogen-bond acceptors (Lipinski definition) is 4. The number of benzene rings is 2. The van der Waals surface area contributed by atoms with E-state index in [9.17, 15) is 27.9 Å². The molecule has 1 N–H and O–H groups in total. The summed E-state index contributed by atoms with van der Waals surface area (Å²) in [5.74, 6) is -7.46. The minimum absolute atomic E-state index is 0.0878. The fourth-order valence-electron chi connectivity index (χ4n) is 4.02. The molecule has 0 saturated heterocycles. The number of rotatable bonds is 8. The number of fused-ring (bicyclic) bond motifs is 1. The van der Waals surface area contributed by atoms with Gasteiger partial charge in [-0.1, -0.05) is 30.3 Å². The molecule has 1 atom stereocenters. The number of nitrogens with zero attached hydrogens (tertiary/aromatic N) is 1. The molecule has 192 valence electrons. The van der Waals surface area contributed by atoms with Crippen molar-refractivity contribution in [3.63, 3.8) is 0 Å². The number of carbonyl (C=O) groups is 2. The summed E-state index contributed by atoms with van der Waals surface area (Å²) >= 11 is 0. The molecule has 3 rings (SSSR count). The molecule has 0 fully saturated rings. The lowest BCUT2D eigenvalue weighted by atomic mass is 10.00. The van der Waals surface area contributed by atoms with Crippen molar-refractivity contribution in [2.75, 3.05) is 0 Å². The molecule has 0 radical (unpaired) electrons. The first-order valence-corrected chi connectivity index (χ1v) is 11.6. The van der Waals surface area contributed by atoms with E-state index in [0.717, 1.165) is 17.0 Å². The van der Waals surface area contributed by atoms with Gasteiger partial charge in [0.05, 0.1) is 0 Å². The summed E-state index contributed by atoms with van der Waals surface area (Å²) in [6.07, 6.45) is -1.47. The second kappa shape index (κ2) is 10.3. The van der Waals surface area contributed by atoms with Gasteiger partial charge in [-0.05, 0) is 70.5 Å². The highest BCUT2D eigenvalue weighted by Crippen LogP contribution is 2.38. The fourth-order valence-corrected chi connectivity index (χ4v) is 4.02. The maximum atomic E-state index is 14.7. The van der Waals surface area contributed by atoms with Crippen LogP contribution in [0.25, 0.3) is 28.1 Å². The smallest absolute Gasteiger partial charge is 0.334 e. The molecule has 1 heterocycles. The molecule has 1 unspecified atom stereocenters. The van der Waals surface area contributed by atoms with E-state index in [1.54, 1.807) is 32.9 Å². The van der Waals surface area contributed by atoms with Gasteiger partial charge in [0, 0.05) is 28.2 Å². The van der Waals surface area contributed by atoms with Crippen molar-refractivity contribution in [3.8, 4) is 11.1 Å². The molecule has 5 nitrogen and oxygen atoms in total. The Kier molecular flexibility index (Phi) is 7.79. The van der Waals surface area contributed by atoms with Crippen molar-refractivity contribution < 1.29 is 32.6 Å². The monoisotopic (exact) mass is 501 g/mol. The number of aromatic nitrogens is 1. The van der Waals surface area contributed by atoms with Crippen LogP contribution >= 0.6 is 0 Å². The van der Waals surface area contributed by atoms with Crippen LogP contribution in [0.5, 0.6) is 0 Å². The number of esters is 1. The van der Waals surface area contributed by atoms with Gasteiger partial charge in [-0.15, -0.1) is 0 Å². The lowest BCUT2D eigenvalue weighted by Crippen LogP contribution is -2.42. The summed E-state index contributed by atoms with van der Waals surface area (Å²) in [4.78, 5) is 24.0. The van der Waals surface area contributed by atoms with Gasteiger partial charge in [0.15, 0.2) is 0 Å². The van der Waals surface area contributed by atoms with Gasteiger partial charge in [-0.3, -0.25) is 9.59 Å².